The van der Waals surface area contributed by atoms with Crippen LogP contribution in [-0.2, 0) is 36.8 Å². The number of carbonyl (C=O) groups excluding carboxylic acids is 4. The van der Waals surface area contributed by atoms with Gasteiger partial charge in [0.1, 0.15) is 18.1 Å². The van der Waals surface area contributed by atoms with E-state index in [2.05, 4.69) is 25.9 Å². The Balaban J connectivity index is 2.18. The van der Waals surface area contributed by atoms with Gasteiger partial charge in [-0.15, -0.1) is 0 Å². The number of carboxylic acid groups (broad SMARTS) is 1. The van der Waals surface area contributed by atoms with E-state index in [1.807, 2.05) is 6.26 Å². The molecule has 9 N–H and O–H groups in total. The molecule has 4 atom stereocenters. The van der Waals surface area contributed by atoms with Gasteiger partial charge in [-0.3, -0.25) is 19.2 Å². The van der Waals surface area contributed by atoms with Crippen molar-refractivity contribution >= 4 is 41.4 Å². The van der Waals surface area contributed by atoms with Crippen molar-refractivity contribution in [3.05, 3.63) is 54.1 Å². The van der Waals surface area contributed by atoms with Gasteiger partial charge in [0.25, 0.3) is 0 Å². The Bertz CT molecular complexity index is 1080. The molecule has 1 aromatic heterocycles. The van der Waals surface area contributed by atoms with Crippen molar-refractivity contribution in [3.8, 4) is 0 Å². The van der Waals surface area contributed by atoms with Gasteiger partial charge in [-0.25, -0.2) is 9.78 Å². The third kappa shape index (κ3) is 10.2. The van der Waals surface area contributed by atoms with E-state index in [9.17, 15) is 29.1 Å². The molecular formula is C24H33N7O6S. The number of primary amides is 1. The zero-order valence-corrected chi connectivity index (χ0v) is 21.7. The highest BCUT2D eigenvalue weighted by atomic mass is 32.2. The maximum Gasteiger partial charge on any atom is 0.326 e. The minimum Gasteiger partial charge on any atom is -0.480 e. The van der Waals surface area contributed by atoms with Gasteiger partial charge in [0, 0.05) is 24.7 Å². The van der Waals surface area contributed by atoms with Gasteiger partial charge in [-0.05, 0) is 24.0 Å². The zero-order chi connectivity index (χ0) is 28.1. The smallest absolute Gasteiger partial charge is 0.326 e. The van der Waals surface area contributed by atoms with Crippen LogP contribution in [0.3, 0.4) is 0 Å². The van der Waals surface area contributed by atoms with Gasteiger partial charge in [0.2, 0.25) is 23.6 Å². The number of hydrogen-bond donors (Lipinski definition) is 7. The molecule has 0 saturated carbocycles. The van der Waals surface area contributed by atoms with Gasteiger partial charge in [-0.1, -0.05) is 30.3 Å². The fourth-order valence-electron chi connectivity index (χ4n) is 3.51. The normalized spacial score (nSPS) is 13.9. The Kier molecular flexibility index (Phi) is 12.3. The summed E-state index contributed by atoms with van der Waals surface area (Å²) in [6.45, 7) is 0. The van der Waals surface area contributed by atoms with Crippen molar-refractivity contribution < 1.29 is 29.1 Å². The predicted molar refractivity (Wildman–Crippen MR) is 141 cm³/mol. The SMILES string of the molecule is CSCCC(NC(=O)C(Cc1ccccc1)NC(=O)C(CC(N)=O)NC(=O)C(N)Cc1cnc[nH]1)C(=O)O. The van der Waals surface area contributed by atoms with E-state index in [0.717, 1.165) is 0 Å². The van der Waals surface area contributed by atoms with Crippen LogP contribution in [0, 0.1) is 0 Å². The minimum atomic E-state index is -1.41. The largest absolute Gasteiger partial charge is 0.480 e. The molecule has 0 spiro atoms. The third-order valence-electron chi connectivity index (χ3n) is 5.51. The van der Waals surface area contributed by atoms with E-state index < -0.39 is 60.2 Å². The first-order valence-corrected chi connectivity index (χ1v) is 13.2. The van der Waals surface area contributed by atoms with Crippen LogP contribution in [-0.4, -0.2) is 80.8 Å². The highest BCUT2D eigenvalue weighted by molar-refractivity contribution is 7.98. The first-order valence-electron chi connectivity index (χ1n) is 11.8. The molecule has 1 heterocycles. The van der Waals surface area contributed by atoms with Crippen molar-refractivity contribution in [2.24, 2.45) is 11.5 Å². The fourth-order valence-corrected chi connectivity index (χ4v) is 3.98. The number of imidazole rings is 1. The molecule has 0 saturated heterocycles. The lowest BCUT2D eigenvalue weighted by Crippen LogP contribution is -2.58. The van der Waals surface area contributed by atoms with Crippen molar-refractivity contribution in [3.63, 3.8) is 0 Å². The van der Waals surface area contributed by atoms with Crippen molar-refractivity contribution in [2.45, 2.75) is 49.9 Å². The van der Waals surface area contributed by atoms with E-state index in [-0.39, 0.29) is 19.3 Å². The molecule has 2 aromatic rings. The first-order chi connectivity index (χ1) is 18.1. The number of nitrogens with two attached hydrogens (primary N) is 2. The summed E-state index contributed by atoms with van der Waals surface area (Å²) in [5, 5.41) is 16.9. The summed E-state index contributed by atoms with van der Waals surface area (Å²) in [4.78, 5) is 68.9. The van der Waals surface area contributed by atoms with Crippen molar-refractivity contribution in [1.82, 2.24) is 25.9 Å². The molecule has 206 valence electrons. The Morgan fingerprint density at radius 3 is 2.18 bits per heavy atom. The second-order valence-corrected chi connectivity index (χ2v) is 9.54. The van der Waals surface area contributed by atoms with E-state index in [0.29, 0.717) is 17.0 Å². The molecule has 0 fully saturated rings. The molecule has 0 radical (unpaired) electrons. The molecule has 0 aliphatic carbocycles. The number of carboxylic acids is 1. The Hall–Kier alpha value is -3.91. The van der Waals surface area contributed by atoms with E-state index in [1.165, 1.54) is 24.3 Å². The number of aliphatic carboxylic acids is 1. The van der Waals surface area contributed by atoms with Crippen LogP contribution in [0.1, 0.15) is 24.1 Å². The maximum absolute atomic E-state index is 13.2. The van der Waals surface area contributed by atoms with Crippen LogP contribution >= 0.6 is 11.8 Å². The molecule has 13 nitrogen and oxygen atoms in total. The number of nitrogens with one attached hydrogen (secondary N) is 4. The average molecular weight is 548 g/mol. The summed E-state index contributed by atoms with van der Waals surface area (Å²) < 4.78 is 0. The topological polar surface area (TPSA) is 222 Å². The highest BCUT2D eigenvalue weighted by Gasteiger charge is 2.31. The summed E-state index contributed by atoms with van der Waals surface area (Å²) in [6.07, 6.45) is 4.51. The molecule has 14 heteroatoms. The van der Waals surface area contributed by atoms with E-state index >= 15 is 0 Å². The summed E-state index contributed by atoms with van der Waals surface area (Å²) in [7, 11) is 0. The monoisotopic (exact) mass is 547 g/mol. The molecule has 1 aromatic carbocycles. The van der Waals surface area contributed by atoms with E-state index in [1.54, 1.807) is 30.3 Å². The number of benzene rings is 1. The minimum absolute atomic E-state index is 0.0316. The number of amides is 4. The third-order valence-corrected chi connectivity index (χ3v) is 6.15. The summed E-state index contributed by atoms with van der Waals surface area (Å²) in [5.41, 5.74) is 12.5. The molecule has 0 aliphatic rings. The predicted octanol–water partition coefficient (Wildman–Crippen LogP) is -1.31. The number of hydrogen-bond acceptors (Lipinski definition) is 8. The van der Waals surface area contributed by atoms with Gasteiger partial charge >= 0.3 is 5.97 Å². The number of aromatic nitrogens is 2. The Labute approximate surface area is 223 Å². The molecular weight excluding hydrogens is 514 g/mol. The Morgan fingerprint density at radius 1 is 0.974 bits per heavy atom. The highest BCUT2D eigenvalue weighted by Crippen LogP contribution is 2.07. The quantitative estimate of drug-likeness (QED) is 0.132. The van der Waals surface area contributed by atoms with Crippen LogP contribution < -0.4 is 27.4 Å². The molecule has 4 unspecified atom stereocenters. The lowest BCUT2D eigenvalue weighted by Gasteiger charge is -2.25. The van der Waals surface area contributed by atoms with Crippen molar-refractivity contribution in [1.29, 1.82) is 0 Å². The summed E-state index contributed by atoms with van der Waals surface area (Å²) in [6, 6.07) is 3.94. The zero-order valence-electron chi connectivity index (χ0n) is 20.9. The Morgan fingerprint density at radius 2 is 1.61 bits per heavy atom. The second-order valence-electron chi connectivity index (χ2n) is 8.55. The van der Waals surface area contributed by atoms with Crippen LogP contribution in [0.25, 0.3) is 0 Å². The molecule has 2 rings (SSSR count). The second kappa shape index (κ2) is 15.4. The van der Waals surface area contributed by atoms with Crippen LogP contribution in [0.2, 0.25) is 0 Å². The fraction of sp³-hybridized carbons (Fsp3) is 0.417. The number of rotatable bonds is 16. The first kappa shape index (κ1) is 30.3. The number of nitrogens with zero attached hydrogens (tertiary/aromatic N) is 1. The molecule has 38 heavy (non-hydrogen) atoms. The van der Waals surface area contributed by atoms with Crippen LogP contribution in [0.4, 0.5) is 0 Å². The van der Waals surface area contributed by atoms with Crippen molar-refractivity contribution in [2.75, 3.05) is 12.0 Å². The lowest BCUT2D eigenvalue weighted by atomic mass is 10.0. The van der Waals surface area contributed by atoms with Gasteiger partial charge in [0.15, 0.2) is 0 Å². The standard InChI is InChI=1S/C24H33N7O6S/c1-38-8-7-17(24(36)37)29-22(34)18(9-14-5-3-2-4-6-14)31-23(35)19(11-20(26)32)30-21(33)16(25)10-15-12-27-13-28-15/h2-6,12-13,16-19H,7-11,25H2,1H3,(H2,26,32)(H,27,28)(H,29,34)(H,30,33)(H,31,35)(H,36,37). The average Bonchev–Trinajstić information content (AvgIpc) is 3.38. The van der Waals surface area contributed by atoms with Gasteiger partial charge < -0.3 is 37.5 Å². The van der Waals surface area contributed by atoms with E-state index in [4.69, 9.17) is 11.5 Å². The number of H-pyrrole nitrogens is 1. The molecule has 4 amide bonds. The number of carbonyl (C=O) groups is 5. The lowest BCUT2D eigenvalue weighted by molar-refractivity contribution is -0.142. The molecule has 0 bridgehead atoms. The van der Waals surface area contributed by atoms with Gasteiger partial charge in [0.05, 0.1) is 18.8 Å². The van der Waals surface area contributed by atoms with Crippen LogP contribution in [0.5, 0.6) is 0 Å². The maximum atomic E-state index is 13.2. The molecule has 0 aliphatic heterocycles. The number of thioether (sulfide) groups is 1. The number of aromatic amines is 1. The summed E-state index contributed by atoms with van der Waals surface area (Å²) >= 11 is 1.43. The van der Waals surface area contributed by atoms with Gasteiger partial charge in [-0.2, -0.15) is 11.8 Å². The van der Waals surface area contributed by atoms with Crippen LogP contribution in [0.15, 0.2) is 42.9 Å². The summed E-state index contributed by atoms with van der Waals surface area (Å²) in [5.74, 6) is -3.86.